The number of hydrogen-bond donors (Lipinski definition) is 1. The molecule has 0 aliphatic carbocycles. The number of methoxy groups -OCH3 is 1. The van der Waals surface area contributed by atoms with Gasteiger partial charge < -0.3 is 15.0 Å². The van der Waals surface area contributed by atoms with Gasteiger partial charge in [-0.05, 0) is 37.6 Å². The number of halogens is 1. The normalized spacial score (nSPS) is 18.1. The Bertz CT molecular complexity index is 473. The molecule has 0 aromatic heterocycles. The van der Waals surface area contributed by atoms with Gasteiger partial charge in [-0.25, -0.2) is 4.39 Å². The van der Waals surface area contributed by atoms with Gasteiger partial charge in [-0.1, -0.05) is 6.07 Å². The van der Waals surface area contributed by atoms with Crippen LogP contribution < -0.4 is 10.1 Å². The van der Waals surface area contributed by atoms with E-state index in [1.54, 1.807) is 17.0 Å². The molecule has 20 heavy (non-hydrogen) atoms. The average molecular weight is 280 g/mol. The summed E-state index contributed by atoms with van der Waals surface area (Å²) in [5.74, 6) is 0.0333. The van der Waals surface area contributed by atoms with Crippen molar-refractivity contribution in [3.05, 3.63) is 29.6 Å². The molecule has 2 rings (SSSR count). The van der Waals surface area contributed by atoms with Crippen molar-refractivity contribution < 1.29 is 13.9 Å². The van der Waals surface area contributed by atoms with E-state index >= 15 is 0 Å². The summed E-state index contributed by atoms with van der Waals surface area (Å²) in [6, 6.07) is 4.83. The van der Waals surface area contributed by atoms with E-state index in [4.69, 9.17) is 4.74 Å². The summed E-state index contributed by atoms with van der Waals surface area (Å²) in [4.78, 5) is 14.1. The molecule has 1 saturated heterocycles. The second-order valence-corrected chi connectivity index (χ2v) is 5.01. The van der Waals surface area contributed by atoms with E-state index in [0.717, 1.165) is 25.1 Å². The lowest BCUT2D eigenvalue weighted by atomic mass is 10.1. The molecule has 0 saturated carbocycles. The number of hydrogen-bond acceptors (Lipinski definition) is 3. The number of carbonyl (C=O) groups excluding carboxylic acids is 1. The van der Waals surface area contributed by atoms with Crippen LogP contribution in [0.15, 0.2) is 18.2 Å². The van der Waals surface area contributed by atoms with Gasteiger partial charge in [-0.2, -0.15) is 0 Å². The third-order valence-electron chi connectivity index (χ3n) is 3.69. The molecule has 5 heteroatoms. The second kappa shape index (κ2) is 6.70. The minimum atomic E-state index is -0.393. The molecule has 1 aromatic carbocycles. The summed E-state index contributed by atoms with van der Waals surface area (Å²) in [5, 5.41) is 3.20. The molecule has 1 heterocycles. The predicted molar refractivity (Wildman–Crippen MR) is 75.0 cm³/mol. The van der Waals surface area contributed by atoms with Crippen molar-refractivity contribution in [3.8, 4) is 5.75 Å². The lowest BCUT2D eigenvalue weighted by molar-refractivity contribution is -0.135. The van der Waals surface area contributed by atoms with Crippen molar-refractivity contribution in [3.63, 3.8) is 0 Å². The molecular weight excluding hydrogens is 259 g/mol. The van der Waals surface area contributed by atoms with Crippen LogP contribution in [-0.2, 0) is 11.3 Å². The van der Waals surface area contributed by atoms with Gasteiger partial charge in [-0.15, -0.1) is 0 Å². The minimum absolute atomic E-state index is 0.0537. The molecule has 1 fully saturated rings. The zero-order valence-electron chi connectivity index (χ0n) is 12.0. The van der Waals surface area contributed by atoms with E-state index in [-0.39, 0.29) is 17.6 Å². The van der Waals surface area contributed by atoms with Crippen LogP contribution >= 0.6 is 0 Å². The van der Waals surface area contributed by atoms with Crippen LogP contribution in [0.2, 0.25) is 0 Å². The van der Waals surface area contributed by atoms with Crippen molar-refractivity contribution in [2.45, 2.75) is 19.9 Å². The van der Waals surface area contributed by atoms with Crippen LogP contribution in [0.1, 0.15) is 18.9 Å². The standard InChI is InChI=1S/C15H21FN2O2/c1-3-18(15(19)12-6-7-17-9-12)10-11-4-5-14(20-2)13(16)8-11/h4-5,8,12,17H,3,6-7,9-10H2,1-2H3. The maximum Gasteiger partial charge on any atom is 0.227 e. The number of benzene rings is 1. The quantitative estimate of drug-likeness (QED) is 0.894. The summed E-state index contributed by atoms with van der Waals surface area (Å²) >= 11 is 0. The Kier molecular flexibility index (Phi) is 4.95. The first kappa shape index (κ1) is 14.8. The zero-order valence-corrected chi connectivity index (χ0v) is 12.0. The Morgan fingerprint density at radius 3 is 2.90 bits per heavy atom. The first-order valence-electron chi connectivity index (χ1n) is 6.97. The Morgan fingerprint density at radius 2 is 2.35 bits per heavy atom. The fourth-order valence-corrected chi connectivity index (χ4v) is 2.50. The molecule has 1 amide bonds. The summed E-state index contributed by atoms with van der Waals surface area (Å²) in [6.07, 6.45) is 0.881. The molecule has 1 aromatic rings. The van der Waals surface area contributed by atoms with Crippen LogP contribution in [0, 0.1) is 11.7 Å². The molecule has 0 bridgehead atoms. The Hall–Kier alpha value is -1.62. The van der Waals surface area contributed by atoms with Gasteiger partial charge in [0.15, 0.2) is 11.6 Å². The van der Waals surface area contributed by atoms with Gasteiger partial charge in [0.05, 0.1) is 13.0 Å². The largest absolute Gasteiger partial charge is 0.494 e. The lowest BCUT2D eigenvalue weighted by Gasteiger charge is -2.24. The molecular formula is C15H21FN2O2. The Labute approximate surface area is 118 Å². The third kappa shape index (κ3) is 3.28. The van der Waals surface area contributed by atoms with Crippen molar-refractivity contribution in [2.75, 3.05) is 26.7 Å². The number of rotatable bonds is 5. The maximum absolute atomic E-state index is 13.7. The molecule has 0 radical (unpaired) electrons. The maximum atomic E-state index is 13.7. The molecule has 1 N–H and O–H groups in total. The van der Waals surface area contributed by atoms with Crippen molar-refractivity contribution >= 4 is 5.91 Å². The highest BCUT2D eigenvalue weighted by Crippen LogP contribution is 2.20. The average Bonchev–Trinajstić information content (AvgIpc) is 2.98. The molecule has 1 aliphatic heterocycles. The van der Waals surface area contributed by atoms with Crippen LogP contribution in [0.4, 0.5) is 4.39 Å². The van der Waals surface area contributed by atoms with Crippen molar-refractivity contribution in [1.29, 1.82) is 0 Å². The van der Waals surface area contributed by atoms with E-state index in [2.05, 4.69) is 5.32 Å². The van der Waals surface area contributed by atoms with E-state index in [0.29, 0.717) is 13.1 Å². The third-order valence-corrected chi connectivity index (χ3v) is 3.69. The number of carbonyl (C=O) groups is 1. The summed E-state index contributed by atoms with van der Waals surface area (Å²) in [5.41, 5.74) is 0.782. The fraction of sp³-hybridized carbons (Fsp3) is 0.533. The van der Waals surface area contributed by atoms with Gasteiger partial charge in [0, 0.05) is 19.6 Å². The SMILES string of the molecule is CCN(Cc1ccc(OC)c(F)c1)C(=O)C1CCNC1. The fourth-order valence-electron chi connectivity index (χ4n) is 2.50. The molecule has 4 nitrogen and oxygen atoms in total. The summed E-state index contributed by atoms with van der Waals surface area (Å²) < 4.78 is 18.6. The first-order chi connectivity index (χ1) is 9.65. The number of amides is 1. The van der Waals surface area contributed by atoms with Gasteiger partial charge in [0.25, 0.3) is 0 Å². The highest BCUT2D eigenvalue weighted by atomic mass is 19.1. The van der Waals surface area contributed by atoms with E-state index in [9.17, 15) is 9.18 Å². The topological polar surface area (TPSA) is 41.6 Å². The van der Waals surface area contributed by atoms with Gasteiger partial charge in [0.2, 0.25) is 5.91 Å². The van der Waals surface area contributed by atoms with Crippen LogP contribution in [-0.4, -0.2) is 37.6 Å². The highest BCUT2D eigenvalue weighted by Gasteiger charge is 2.26. The van der Waals surface area contributed by atoms with Crippen molar-refractivity contribution in [2.24, 2.45) is 5.92 Å². The molecule has 1 atom stereocenters. The number of nitrogens with one attached hydrogen (secondary N) is 1. The van der Waals surface area contributed by atoms with Crippen LogP contribution in [0.5, 0.6) is 5.75 Å². The first-order valence-corrected chi connectivity index (χ1v) is 6.97. The van der Waals surface area contributed by atoms with E-state index in [1.165, 1.54) is 13.2 Å². The van der Waals surface area contributed by atoms with Gasteiger partial charge in [0.1, 0.15) is 0 Å². The van der Waals surface area contributed by atoms with Crippen LogP contribution in [0.25, 0.3) is 0 Å². The molecule has 1 unspecified atom stereocenters. The minimum Gasteiger partial charge on any atom is -0.494 e. The van der Waals surface area contributed by atoms with Crippen LogP contribution in [0.3, 0.4) is 0 Å². The Morgan fingerprint density at radius 1 is 1.55 bits per heavy atom. The monoisotopic (exact) mass is 280 g/mol. The summed E-state index contributed by atoms with van der Waals surface area (Å²) in [7, 11) is 1.44. The predicted octanol–water partition coefficient (Wildman–Crippen LogP) is 1.79. The lowest BCUT2D eigenvalue weighted by Crippen LogP contribution is -2.36. The van der Waals surface area contributed by atoms with Gasteiger partial charge >= 0.3 is 0 Å². The molecule has 110 valence electrons. The molecule has 1 aliphatic rings. The smallest absolute Gasteiger partial charge is 0.227 e. The van der Waals surface area contributed by atoms with Crippen molar-refractivity contribution in [1.82, 2.24) is 10.2 Å². The zero-order chi connectivity index (χ0) is 14.5. The number of ether oxygens (including phenoxy) is 1. The van der Waals surface area contributed by atoms with E-state index in [1.807, 2.05) is 6.92 Å². The second-order valence-electron chi connectivity index (χ2n) is 5.01. The van der Waals surface area contributed by atoms with E-state index < -0.39 is 5.82 Å². The highest BCUT2D eigenvalue weighted by molar-refractivity contribution is 5.79. The Balaban J connectivity index is 2.05. The van der Waals surface area contributed by atoms with Gasteiger partial charge in [-0.3, -0.25) is 4.79 Å². The summed E-state index contributed by atoms with van der Waals surface area (Å²) in [6.45, 7) is 4.65. The number of nitrogens with zero attached hydrogens (tertiary/aromatic N) is 1. The molecule has 0 spiro atoms.